The predicted octanol–water partition coefficient (Wildman–Crippen LogP) is 2.59. The molecule has 0 N–H and O–H groups in total. The minimum Gasteiger partial charge on any atom is -0.393 e. The van der Waals surface area contributed by atoms with Gasteiger partial charge in [-0.3, -0.25) is 9.59 Å². The highest BCUT2D eigenvalue weighted by Gasteiger charge is 2.60. The molecule has 0 unspecified atom stereocenters. The van der Waals surface area contributed by atoms with E-state index < -0.39 is 0 Å². The van der Waals surface area contributed by atoms with Crippen molar-refractivity contribution >= 4 is 11.9 Å². The summed E-state index contributed by atoms with van der Waals surface area (Å²) in [7, 11) is 0. The molecule has 102 valence electrons. The molecule has 0 saturated carbocycles. The summed E-state index contributed by atoms with van der Waals surface area (Å²) in [6.07, 6.45) is 0. The predicted molar refractivity (Wildman–Crippen MR) is 74.6 cm³/mol. The highest BCUT2D eigenvalue weighted by molar-refractivity contribution is 5.99. The SMILES string of the molecule is O=C1OC(=O)[C@@H]2C3c4ccccc4C(c4ccccc43)[C@@H]12. The maximum absolute atomic E-state index is 12.2. The molecule has 4 aliphatic rings. The maximum atomic E-state index is 12.2. The summed E-state index contributed by atoms with van der Waals surface area (Å²) in [6, 6.07) is 16.3. The molecular weight excluding hydrogens is 264 g/mol. The quantitative estimate of drug-likeness (QED) is 0.548. The van der Waals surface area contributed by atoms with Gasteiger partial charge in [-0.1, -0.05) is 48.5 Å². The maximum Gasteiger partial charge on any atom is 0.318 e. The van der Waals surface area contributed by atoms with Gasteiger partial charge in [0.2, 0.25) is 0 Å². The van der Waals surface area contributed by atoms with E-state index in [1.807, 2.05) is 24.3 Å². The molecule has 0 radical (unpaired) electrons. The molecule has 0 spiro atoms. The van der Waals surface area contributed by atoms with E-state index in [0.717, 1.165) is 0 Å². The highest BCUT2D eigenvalue weighted by atomic mass is 16.6. The number of hydrogen-bond acceptors (Lipinski definition) is 3. The number of benzene rings is 2. The van der Waals surface area contributed by atoms with E-state index in [1.54, 1.807) is 0 Å². The van der Waals surface area contributed by atoms with Crippen molar-refractivity contribution in [1.82, 2.24) is 0 Å². The van der Waals surface area contributed by atoms with Gasteiger partial charge in [0, 0.05) is 11.8 Å². The molecule has 3 aliphatic carbocycles. The normalized spacial score (nSPS) is 31.4. The molecule has 1 saturated heterocycles. The standard InChI is InChI=1S/C18H12O3/c19-17-15-13-9-5-1-2-6-10(9)14(16(15)18(20)21-17)12-8-4-3-7-11(12)13/h1-8,13-16H/t13?,14?,15-,16-/m1/s1. The molecule has 0 aromatic heterocycles. The first-order chi connectivity index (χ1) is 10.3. The molecule has 2 atom stereocenters. The van der Waals surface area contributed by atoms with Gasteiger partial charge in [0.15, 0.2) is 0 Å². The molecule has 6 rings (SSSR count). The van der Waals surface area contributed by atoms with Crippen molar-refractivity contribution in [1.29, 1.82) is 0 Å². The second-order valence-corrected chi connectivity index (χ2v) is 6.00. The number of hydrogen-bond donors (Lipinski definition) is 0. The summed E-state index contributed by atoms with van der Waals surface area (Å²) in [4.78, 5) is 24.4. The average Bonchev–Trinajstić information content (AvgIpc) is 2.83. The lowest BCUT2D eigenvalue weighted by atomic mass is 9.55. The van der Waals surface area contributed by atoms with Crippen molar-refractivity contribution in [2.45, 2.75) is 11.8 Å². The third kappa shape index (κ3) is 1.20. The van der Waals surface area contributed by atoms with Gasteiger partial charge in [0.05, 0.1) is 11.8 Å². The van der Waals surface area contributed by atoms with Crippen LogP contribution in [0.15, 0.2) is 48.5 Å². The van der Waals surface area contributed by atoms with Gasteiger partial charge in [0.25, 0.3) is 0 Å². The minimum atomic E-state index is -0.357. The van der Waals surface area contributed by atoms with Crippen LogP contribution >= 0.6 is 0 Å². The Morgan fingerprint density at radius 2 is 0.952 bits per heavy atom. The molecule has 0 amide bonds. The lowest BCUT2D eigenvalue weighted by Gasteiger charge is -2.45. The van der Waals surface area contributed by atoms with Crippen LogP contribution in [0.3, 0.4) is 0 Å². The molecule has 2 bridgehead atoms. The number of carbonyl (C=O) groups is 2. The van der Waals surface area contributed by atoms with Gasteiger partial charge in [-0.05, 0) is 22.3 Å². The highest BCUT2D eigenvalue weighted by Crippen LogP contribution is 2.60. The Hall–Kier alpha value is -2.42. The zero-order valence-electron chi connectivity index (χ0n) is 11.2. The van der Waals surface area contributed by atoms with Crippen LogP contribution in [-0.4, -0.2) is 11.9 Å². The summed E-state index contributed by atoms with van der Waals surface area (Å²) in [5.74, 6) is -1.52. The van der Waals surface area contributed by atoms with Crippen LogP contribution in [0.25, 0.3) is 0 Å². The third-order valence-corrected chi connectivity index (χ3v) is 5.18. The van der Waals surface area contributed by atoms with Crippen LogP contribution in [0, 0.1) is 11.8 Å². The van der Waals surface area contributed by atoms with Crippen molar-refractivity contribution in [2.75, 3.05) is 0 Å². The molecule has 3 heteroatoms. The zero-order valence-corrected chi connectivity index (χ0v) is 11.2. The van der Waals surface area contributed by atoms with Crippen molar-refractivity contribution in [3.63, 3.8) is 0 Å². The fourth-order valence-electron chi connectivity index (χ4n) is 4.48. The topological polar surface area (TPSA) is 43.4 Å². The Kier molecular flexibility index (Phi) is 1.94. The van der Waals surface area contributed by atoms with Gasteiger partial charge >= 0.3 is 11.9 Å². The van der Waals surface area contributed by atoms with Crippen LogP contribution in [0.5, 0.6) is 0 Å². The summed E-state index contributed by atoms with van der Waals surface area (Å²) in [6.45, 7) is 0. The number of carbonyl (C=O) groups excluding carboxylic acids is 2. The smallest absolute Gasteiger partial charge is 0.318 e. The first kappa shape index (κ1) is 11.3. The van der Waals surface area contributed by atoms with Crippen LogP contribution < -0.4 is 0 Å². The zero-order chi connectivity index (χ0) is 14.1. The first-order valence-electron chi connectivity index (χ1n) is 7.20. The summed E-state index contributed by atoms with van der Waals surface area (Å²) in [5.41, 5.74) is 4.70. The van der Waals surface area contributed by atoms with Gasteiger partial charge in [-0.15, -0.1) is 0 Å². The van der Waals surface area contributed by atoms with Crippen LogP contribution in [0.2, 0.25) is 0 Å². The molecule has 1 heterocycles. The molecule has 2 aromatic rings. The van der Waals surface area contributed by atoms with Gasteiger partial charge < -0.3 is 4.74 Å². The lowest BCUT2D eigenvalue weighted by molar-refractivity contribution is -0.153. The van der Waals surface area contributed by atoms with E-state index in [1.165, 1.54) is 22.3 Å². The fraction of sp³-hybridized carbons (Fsp3) is 0.222. The molecular formula is C18H12O3. The van der Waals surface area contributed by atoms with Crippen LogP contribution in [0.1, 0.15) is 34.1 Å². The largest absolute Gasteiger partial charge is 0.393 e. The van der Waals surface area contributed by atoms with E-state index in [0.29, 0.717) is 0 Å². The number of ether oxygens (including phenoxy) is 1. The average molecular weight is 276 g/mol. The Labute approximate surface area is 121 Å². The van der Waals surface area contributed by atoms with Crippen LogP contribution in [0.4, 0.5) is 0 Å². The monoisotopic (exact) mass is 276 g/mol. The Morgan fingerprint density at radius 1 is 0.619 bits per heavy atom. The lowest BCUT2D eigenvalue weighted by Crippen LogP contribution is -2.41. The molecule has 3 nitrogen and oxygen atoms in total. The minimum absolute atomic E-state index is 0.0497. The van der Waals surface area contributed by atoms with Gasteiger partial charge in [-0.2, -0.15) is 0 Å². The Morgan fingerprint density at radius 3 is 1.29 bits per heavy atom. The molecule has 21 heavy (non-hydrogen) atoms. The van der Waals surface area contributed by atoms with Gasteiger partial charge in [0.1, 0.15) is 0 Å². The summed E-state index contributed by atoms with van der Waals surface area (Å²) < 4.78 is 4.97. The van der Waals surface area contributed by atoms with Crippen molar-refractivity contribution in [3.05, 3.63) is 70.8 Å². The number of esters is 2. The second-order valence-electron chi connectivity index (χ2n) is 6.00. The fourth-order valence-corrected chi connectivity index (χ4v) is 4.48. The van der Waals surface area contributed by atoms with Crippen LogP contribution in [-0.2, 0) is 14.3 Å². The van der Waals surface area contributed by atoms with Crippen molar-refractivity contribution in [2.24, 2.45) is 11.8 Å². The van der Waals surface area contributed by atoms with E-state index in [-0.39, 0.29) is 35.6 Å². The van der Waals surface area contributed by atoms with E-state index in [9.17, 15) is 9.59 Å². The van der Waals surface area contributed by atoms with Crippen molar-refractivity contribution in [3.8, 4) is 0 Å². The van der Waals surface area contributed by atoms with Gasteiger partial charge in [-0.25, -0.2) is 0 Å². The molecule has 1 aliphatic heterocycles. The van der Waals surface area contributed by atoms with Crippen molar-refractivity contribution < 1.29 is 14.3 Å². The third-order valence-electron chi connectivity index (χ3n) is 5.18. The van der Waals surface area contributed by atoms with E-state index >= 15 is 0 Å². The summed E-state index contributed by atoms with van der Waals surface area (Å²) >= 11 is 0. The number of cyclic esters (lactones) is 2. The second kappa shape index (κ2) is 3.61. The summed E-state index contributed by atoms with van der Waals surface area (Å²) in [5, 5.41) is 0. The first-order valence-corrected chi connectivity index (χ1v) is 7.20. The Balaban J connectivity index is 1.88. The molecule has 2 aromatic carbocycles. The Bertz CT molecular complexity index is 694. The van der Waals surface area contributed by atoms with E-state index in [4.69, 9.17) is 4.74 Å². The molecule has 1 fully saturated rings. The number of rotatable bonds is 0. The van der Waals surface area contributed by atoms with E-state index in [2.05, 4.69) is 24.3 Å².